The van der Waals surface area contributed by atoms with Crippen LogP contribution in [-0.2, 0) is 5.41 Å². The van der Waals surface area contributed by atoms with Gasteiger partial charge in [-0.25, -0.2) is 0 Å². The van der Waals surface area contributed by atoms with Crippen molar-refractivity contribution < 1.29 is 9.53 Å². The summed E-state index contributed by atoms with van der Waals surface area (Å²) in [4.78, 5) is 11.9. The minimum atomic E-state index is -0.128. The molecule has 24 heavy (non-hydrogen) atoms. The third-order valence-electron chi connectivity index (χ3n) is 3.55. The standard InChI is InChI=1S/C19H24N2O2.ClH/c1-19(2,3)15-6-10-17(11-7-15)23-13-12-21-18(22)14-4-8-16(20)9-5-14;/h4-11H,12-13,20H2,1-3H3,(H,21,22);1H. The maximum Gasteiger partial charge on any atom is 0.251 e. The van der Waals surface area contributed by atoms with Crippen molar-refractivity contribution in [2.75, 3.05) is 18.9 Å². The monoisotopic (exact) mass is 348 g/mol. The highest BCUT2D eigenvalue weighted by Gasteiger charge is 2.12. The van der Waals surface area contributed by atoms with E-state index in [4.69, 9.17) is 10.5 Å². The molecule has 0 fully saturated rings. The van der Waals surface area contributed by atoms with E-state index in [9.17, 15) is 4.79 Å². The number of hydrogen-bond donors (Lipinski definition) is 2. The van der Waals surface area contributed by atoms with Crippen molar-refractivity contribution in [3.63, 3.8) is 0 Å². The molecule has 4 nitrogen and oxygen atoms in total. The van der Waals surface area contributed by atoms with E-state index in [1.807, 2.05) is 12.1 Å². The average Bonchev–Trinajstić information content (AvgIpc) is 2.51. The number of nitrogens with two attached hydrogens (primary N) is 1. The summed E-state index contributed by atoms with van der Waals surface area (Å²) in [5, 5.41) is 2.82. The highest BCUT2D eigenvalue weighted by Crippen LogP contribution is 2.24. The second-order valence-corrected chi connectivity index (χ2v) is 6.50. The zero-order chi connectivity index (χ0) is 16.9. The number of carbonyl (C=O) groups is 1. The SMILES string of the molecule is CC(C)(C)c1ccc(OCCNC(=O)c2ccc(N)cc2)cc1.Cl. The summed E-state index contributed by atoms with van der Waals surface area (Å²) < 4.78 is 5.64. The van der Waals surface area contributed by atoms with E-state index >= 15 is 0 Å². The van der Waals surface area contributed by atoms with Crippen molar-refractivity contribution in [1.29, 1.82) is 0 Å². The zero-order valence-corrected chi connectivity index (χ0v) is 15.2. The van der Waals surface area contributed by atoms with Crippen molar-refractivity contribution in [2.45, 2.75) is 26.2 Å². The maximum absolute atomic E-state index is 11.9. The summed E-state index contributed by atoms with van der Waals surface area (Å²) in [5.74, 6) is 0.677. The smallest absolute Gasteiger partial charge is 0.251 e. The summed E-state index contributed by atoms with van der Waals surface area (Å²) in [6.07, 6.45) is 0. The van der Waals surface area contributed by atoms with Crippen LogP contribution in [0.4, 0.5) is 5.69 Å². The number of nitrogen functional groups attached to an aromatic ring is 1. The van der Waals surface area contributed by atoms with Crippen molar-refractivity contribution in [2.24, 2.45) is 0 Å². The van der Waals surface area contributed by atoms with E-state index in [0.29, 0.717) is 24.4 Å². The van der Waals surface area contributed by atoms with Crippen LogP contribution in [0.1, 0.15) is 36.7 Å². The van der Waals surface area contributed by atoms with Gasteiger partial charge in [0, 0.05) is 11.3 Å². The molecule has 0 heterocycles. The third kappa shape index (κ3) is 5.78. The molecule has 2 rings (SSSR count). The molecule has 0 aliphatic rings. The molecule has 0 bridgehead atoms. The number of ether oxygens (including phenoxy) is 1. The van der Waals surface area contributed by atoms with Gasteiger partial charge in [-0.1, -0.05) is 32.9 Å². The Morgan fingerprint density at radius 3 is 2.17 bits per heavy atom. The predicted molar refractivity (Wildman–Crippen MR) is 101 cm³/mol. The van der Waals surface area contributed by atoms with Gasteiger partial charge in [0.2, 0.25) is 0 Å². The molecule has 0 spiro atoms. The van der Waals surface area contributed by atoms with Crippen molar-refractivity contribution >= 4 is 24.0 Å². The average molecular weight is 349 g/mol. The first-order valence-electron chi connectivity index (χ1n) is 7.73. The number of benzene rings is 2. The van der Waals surface area contributed by atoms with Crippen molar-refractivity contribution in [3.05, 3.63) is 59.7 Å². The fraction of sp³-hybridized carbons (Fsp3) is 0.316. The van der Waals surface area contributed by atoms with E-state index < -0.39 is 0 Å². The van der Waals surface area contributed by atoms with Crippen LogP contribution >= 0.6 is 12.4 Å². The Morgan fingerprint density at radius 1 is 1.04 bits per heavy atom. The van der Waals surface area contributed by atoms with E-state index in [1.165, 1.54) is 5.56 Å². The van der Waals surface area contributed by atoms with Gasteiger partial charge < -0.3 is 15.8 Å². The predicted octanol–water partition coefficient (Wildman–Crippen LogP) is 3.80. The van der Waals surface area contributed by atoms with Crippen LogP contribution in [0.3, 0.4) is 0 Å². The van der Waals surface area contributed by atoms with E-state index in [2.05, 4.69) is 38.2 Å². The highest BCUT2D eigenvalue weighted by molar-refractivity contribution is 5.94. The Hall–Kier alpha value is -2.20. The molecule has 0 saturated heterocycles. The lowest BCUT2D eigenvalue weighted by Crippen LogP contribution is -2.28. The van der Waals surface area contributed by atoms with Gasteiger partial charge in [0.1, 0.15) is 12.4 Å². The van der Waals surface area contributed by atoms with E-state index in [-0.39, 0.29) is 23.7 Å². The van der Waals surface area contributed by atoms with Gasteiger partial charge in [-0.2, -0.15) is 0 Å². The minimum absolute atomic E-state index is 0. The number of hydrogen-bond acceptors (Lipinski definition) is 3. The Bertz CT molecular complexity index is 647. The molecule has 0 unspecified atom stereocenters. The summed E-state index contributed by atoms with van der Waals surface area (Å²) in [6.45, 7) is 7.40. The zero-order valence-electron chi connectivity index (χ0n) is 14.3. The lowest BCUT2D eigenvalue weighted by molar-refractivity contribution is 0.0947. The van der Waals surface area contributed by atoms with E-state index in [0.717, 1.165) is 5.75 Å². The Morgan fingerprint density at radius 2 is 1.62 bits per heavy atom. The third-order valence-corrected chi connectivity index (χ3v) is 3.55. The highest BCUT2D eigenvalue weighted by atomic mass is 35.5. The number of halogens is 1. The van der Waals surface area contributed by atoms with Crippen LogP contribution in [0, 0.1) is 0 Å². The van der Waals surface area contributed by atoms with Crippen LogP contribution in [0.5, 0.6) is 5.75 Å². The number of amides is 1. The first-order chi connectivity index (χ1) is 10.9. The molecule has 1 amide bonds. The van der Waals surface area contributed by atoms with Gasteiger partial charge >= 0.3 is 0 Å². The van der Waals surface area contributed by atoms with Gasteiger partial charge in [0.25, 0.3) is 5.91 Å². The number of nitrogens with one attached hydrogen (secondary N) is 1. The number of rotatable bonds is 5. The summed E-state index contributed by atoms with van der Waals surface area (Å²) >= 11 is 0. The Balaban J connectivity index is 0.00000288. The summed E-state index contributed by atoms with van der Waals surface area (Å²) in [6, 6.07) is 14.9. The van der Waals surface area contributed by atoms with Crippen molar-refractivity contribution in [1.82, 2.24) is 5.32 Å². The van der Waals surface area contributed by atoms with Crippen LogP contribution in [-0.4, -0.2) is 19.1 Å². The normalized spacial score (nSPS) is 10.6. The van der Waals surface area contributed by atoms with Gasteiger partial charge in [0.15, 0.2) is 0 Å². The number of anilines is 1. The Kier molecular flexibility index (Phi) is 7.11. The molecular formula is C19H25ClN2O2. The maximum atomic E-state index is 11.9. The molecule has 0 aromatic heterocycles. The first kappa shape index (κ1) is 19.8. The first-order valence-corrected chi connectivity index (χ1v) is 7.73. The lowest BCUT2D eigenvalue weighted by Gasteiger charge is -2.19. The largest absolute Gasteiger partial charge is 0.492 e. The van der Waals surface area contributed by atoms with Gasteiger partial charge in [-0.15, -0.1) is 12.4 Å². The molecule has 0 saturated carbocycles. The van der Waals surface area contributed by atoms with E-state index in [1.54, 1.807) is 24.3 Å². The lowest BCUT2D eigenvalue weighted by atomic mass is 9.87. The molecule has 0 aliphatic carbocycles. The van der Waals surface area contributed by atoms with Crippen LogP contribution in [0.2, 0.25) is 0 Å². The van der Waals surface area contributed by atoms with Crippen molar-refractivity contribution in [3.8, 4) is 5.75 Å². The second kappa shape index (κ2) is 8.60. The molecular weight excluding hydrogens is 324 g/mol. The molecule has 0 atom stereocenters. The molecule has 0 radical (unpaired) electrons. The van der Waals surface area contributed by atoms with Gasteiger partial charge in [-0.05, 0) is 47.4 Å². The second-order valence-electron chi connectivity index (χ2n) is 6.50. The number of carbonyl (C=O) groups excluding carboxylic acids is 1. The minimum Gasteiger partial charge on any atom is -0.492 e. The molecule has 2 aromatic carbocycles. The topological polar surface area (TPSA) is 64.3 Å². The summed E-state index contributed by atoms with van der Waals surface area (Å²) in [7, 11) is 0. The summed E-state index contributed by atoms with van der Waals surface area (Å²) in [5.41, 5.74) is 8.23. The fourth-order valence-electron chi connectivity index (χ4n) is 2.12. The quantitative estimate of drug-likeness (QED) is 0.638. The molecule has 5 heteroatoms. The fourth-order valence-corrected chi connectivity index (χ4v) is 2.12. The van der Waals surface area contributed by atoms with Gasteiger partial charge in [0.05, 0.1) is 6.54 Å². The molecule has 0 aliphatic heterocycles. The van der Waals surface area contributed by atoms with Crippen LogP contribution in [0.25, 0.3) is 0 Å². The molecule has 3 N–H and O–H groups in total. The van der Waals surface area contributed by atoms with Crippen LogP contribution in [0.15, 0.2) is 48.5 Å². The Labute approximate surface area is 149 Å². The van der Waals surface area contributed by atoms with Gasteiger partial charge in [-0.3, -0.25) is 4.79 Å². The van der Waals surface area contributed by atoms with Crippen LogP contribution < -0.4 is 15.8 Å². The molecule has 130 valence electrons. The molecule has 2 aromatic rings.